The Hall–Kier alpha value is -2.09. The number of carbonyl (C=O) groups excluding carboxylic acids is 1. The Bertz CT molecular complexity index is 847. The van der Waals surface area contributed by atoms with E-state index in [2.05, 4.69) is 15.3 Å². The number of nitrogens with one attached hydrogen (secondary N) is 2. The highest BCUT2D eigenvalue weighted by molar-refractivity contribution is 5.83. The number of likely N-dealkylation sites (tertiary alicyclic amines) is 1. The molecule has 4 heterocycles. The van der Waals surface area contributed by atoms with Crippen molar-refractivity contribution < 1.29 is 18.0 Å². The predicted molar refractivity (Wildman–Crippen MR) is 95.1 cm³/mol. The van der Waals surface area contributed by atoms with Crippen LogP contribution in [-0.4, -0.2) is 45.7 Å². The summed E-state index contributed by atoms with van der Waals surface area (Å²) in [5, 5.41) is 3.75. The minimum absolute atomic E-state index is 0.0943. The third-order valence-corrected chi connectivity index (χ3v) is 5.73. The molecule has 5 nitrogen and oxygen atoms in total. The summed E-state index contributed by atoms with van der Waals surface area (Å²) >= 11 is 0. The molecule has 0 spiro atoms. The highest BCUT2D eigenvalue weighted by atomic mass is 19.4. The maximum Gasteiger partial charge on any atom is 0.404 e. The highest BCUT2D eigenvalue weighted by Crippen LogP contribution is 2.38. The van der Waals surface area contributed by atoms with Gasteiger partial charge in [0, 0.05) is 30.2 Å². The maximum atomic E-state index is 13.5. The molecular formula is C19H23F3N4O. The van der Waals surface area contributed by atoms with Gasteiger partial charge in [0.2, 0.25) is 5.91 Å². The average Bonchev–Trinajstić information content (AvgIpc) is 3.00. The number of aromatic nitrogens is 2. The van der Waals surface area contributed by atoms with Gasteiger partial charge in [-0.2, -0.15) is 13.2 Å². The molecule has 0 bridgehead atoms. The summed E-state index contributed by atoms with van der Waals surface area (Å²) in [6.07, 6.45) is -1.04. The third kappa shape index (κ3) is 3.54. The fourth-order valence-electron chi connectivity index (χ4n) is 4.55. The number of pyridine rings is 1. The number of aryl methyl sites for hydroxylation is 1. The van der Waals surface area contributed by atoms with E-state index in [1.54, 1.807) is 6.20 Å². The number of rotatable bonds is 2. The molecule has 2 saturated heterocycles. The molecule has 2 aliphatic rings. The van der Waals surface area contributed by atoms with E-state index in [1.807, 2.05) is 19.1 Å². The standard InChI is InChI=1S/C19H23F3N4O/c1-11-8-14-13(5-6-23-18(14)24-11)12-9-16(25-17(27)10-12)26-7-3-2-4-15(26)19(20,21)22/h5-6,8,12,15-16H,2-4,7,9-10H2,1H3,(H,23,24)(H,25,27). The van der Waals surface area contributed by atoms with Gasteiger partial charge in [-0.05, 0) is 49.8 Å². The van der Waals surface area contributed by atoms with Gasteiger partial charge in [0.05, 0.1) is 6.17 Å². The molecular weight excluding hydrogens is 357 g/mol. The minimum atomic E-state index is -4.28. The van der Waals surface area contributed by atoms with Gasteiger partial charge >= 0.3 is 6.18 Å². The second-order valence-corrected chi connectivity index (χ2v) is 7.63. The van der Waals surface area contributed by atoms with Gasteiger partial charge in [0.25, 0.3) is 0 Å². The lowest BCUT2D eigenvalue weighted by Gasteiger charge is -2.44. The zero-order chi connectivity index (χ0) is 19.2. The van der Waals surface area contributed by atoms with E-state index in [4.69, 9.17) is 0 Å². The summed E-state index contributed by atoms with van der Waals surface area (Å²) in [5.41, 5.74) is 2.69. The maximum absolute atomic E-state index is 13.5. The van der Waals surface area contributed by atoms with Crippen molar-refractivity contribution in [2.75, 3.05) is 6.54 Å². The van der Waals surface area contributed by atoms with Crippen LogP contribution in [0.4, 0.5) is 13.2 Å². The van der Waals surface area contributed by atoms with Crippen molar-refractivity contribution in [1.82, 2.24) is 20.2 Å². The van der Waals surface area contributed by atoms with E-state index in [-0.39, 0.29) is 24.7 Å². The fourth-order valence-corrected chi connectivity index (χ4v) is 4.55. The van der Waals surface area contributed by atoms with Crippen LogP contribution in [0.15, 0.2) is 18.3 Å². The number of alkyl halides is 3. The quantitative estimate of drug-likeness (QED) is 0.837. The average molecular weight is 380 g/mol. The molecule has 2 N–H and O–H groups in total. The van der Waals surface area contributed by atoms with Gasteiger partial charge in [-0.1, -0.05) is 6.42 Å². The molecule has 8 heteroatoms. The Kier molecular flexibility index (Phi) is 4.61. The first-order valence-electron chi connectivity index (χ1n) is 9.39. The monoisotopic (exact) mass is 380 g/mol. The van der Waals surface area contributed by atoms with Crippen LogP contribution in [0.3, 0.4) is 0 Å². The molecule has 2 aromatic heterocycles. The van der Waals surface area contributed by atoms with Gasteiger partial charge in [0.1, 0.15) is 11.7 Å². The van der Waals surface area contributed by atoms with Gasteiger partial charge in [-0.3, -0.25) is 9.69 Å². The van der Waals surface area contributed by atoms with Gasteiger partial charge in [-0.25, -0.2) is 4.98 Å². The van der Waals surface area contributed by atoms with E-state index < -0.39 is 18.4 Å². The first-order valence-corrected chi connectivity index (χ1v) is 9.39. The summed E-state index contributed by atoms with van der Waals surface area (Å²) < 4.78 is 40.5. The highest BCUT2D eigenvalue weighted by Gasteiger charge is 2.48. The predicted octanol–water partition coefficient (Wildman–Crippen LogP) is 3.61. The Balaban J connectivity index is 1.64. The molecule has 2 aliphatic heterocycles. The van der Waals surface area contributed by atoms with E-state index in [0.717, 1.165) is 28.7 Å². The van der Waals surface area contributed by atoms with Crippen LogP contribution in [-0.2, 0) is 4.79 Å². The lowest BCUT2D eigenvalue weighted by atomic mass is 9.86. The molecule has 0 saturated carbocycles. The number of nitrogens with zero attached hydrogens (tertiary/aromatic N) is 2. The van der Waals surface area contributed by atoms with Gasteiger partial charge in [-0.15, -0.1) is 0 Å². The zero-order valence-corrected chi connectivity index (χ0v) is 15.1. The Morgan fingerprint density at radius 1 is 1.30 bits per heavy atom. The summed E-state index contributed by atoms with van der Waals surface area (Å²) in [7, 11) is 0. The van der Waals surface area contributed by atoms with Crippen LogP contribution < -0.4 is 5.32 Å². The fraction of sp³-hybridized carbons (Fsp3) is 0.579. The van der Waals surface area contributed by atoms with Gasteiger partial charge < -0.3 is 10.3 Å². The molecule has 3 unspecified atom stereocenters. The second-order valence-electron chi connectivity index (χ2n) is 7.63. The Morgan fingerprint density at radius 3 is 2.89 bits per heavy atom. The van der Waals surface area contributed by atoms with Crippen LogP contribution >= 0.6 is 0 Å². The molecule has 0 radical (unpaired) electrons. The molecule has 2 fully saturated rings. The molecule has 2 aromatic rings. The first-order chi connectivity index (χ1) is 12.8. The normalized spacial score (nSPS) is 27.7. The number of amides is 1. The van der Waals surface area contributed by atoms with E-state index in [9.17, 15) is 18.0 Å². The molecule has 4 rings (SSSR count). The number of hydrogen-bond donors (Lipinski definition) is 2. The number of piperidine rings is 2. The summed E-state index contributed by atoms with van der Waals surface area (Å²) in [4.78, 5) is 21.3. The number of fused-ring (bicyclic) bond motifs is 1. The second kappa shape index (κ2) is 6.82. The lowest BCUT2D eigenvalue weighted by Crippen LogP contribution is -2.60. The van der Waals surface area contributed by atoms with Crippen molar-refractivity contribution in [1.29, 1.82) is 0 Å². The largest absolute Gasteiger partial charge is 0.404 e. The van der Waals surface area contributed by atoms with Gasteiger partial charge in [0.15, 0.2) is 0 Å². The van der Waals surface area contributed by atoms with Crippen LogP contribution in [0.1, 0.15) is 49.3 Å². The summed E-state index contributed by atoms with van der Waals surface area (Å²) in [5.74, 6) is -0.319. The summed E-state index contributed by atoms with van der Waals surface area (Å²) in [6.45, 7) is 2.29. The van der Waals surface area contributed by atoms with Crippen LogP contribution in [0.25, 0.3) is 11.0 Å². The van der Waals surface area contributed by atoms with E-state index >= 15 is 0 Å². The van der Waals surface area contributed by atoms with Crippen molar-refractivity contribution in [2.24, 2.45) is 0 Å². The number of hydrogen-bond acceptors (Lipinski definition) is 3. The number of halogens is 3. The van der Waals surface area contributed by atoms with Crippen LogP contribution in [0.2, 0.25) is 0 Å². The smallest absolute Gasteiger partial charge is 0.344 e. The molecule has 0 aromatic carbocycles. The van der Waals surface area contributed by atoms with Crippen molar-refractivity contribution in [3.8, 4) is 0 Å². The Labute approximate surface area is 155 Å². The van der Waals surface area contributed by atoms with E-state index in [0.29, 0.717) is 19.4 Å². The third-order valence-electron chi connectivity index (χ3n) is 5.73. The Morgan fingerprint density at radius 2 is 2.11 bits per heavy atom. The molecule has 1 amide bonds. The minimum Gasteiger partial charge on any atom is -0.344 e. The SMILES string of the molecule is Cc1cc2c(C3CC(=O)NC(N4CCCCC4C(F)(F)F)C3)ccnc2[nH]1. The van der Waals surface area contributed by atoms with Crippen molar-refractivity contribution in [3.63, 3.8) is 0 Å². The number of aromatic amines is 1. The molecule has 27 heavy (non-hydrogen) atoms. The van der Waals surface area contributed by atoms with Crippen molar-refractivity contribution >= 4 is 16.9 Å². The van der Waals surface area contributed by atoms with Crippen LogP contribution in [0.5, 0.6) is 0 Å². The molecule has 3 atom stereocenters. The number of H-pyrrole nitrogens is 1. The lowest BCUT2D eigenvalue weighted by molar-refractivity contribution is -0.201. The first kappa shape index (κ1) is 18.3. The zero-order valence-electron chi connectivity index (χ0n) is 15.1. The molecule has 0 aliphatic carbocycles. The van der Waals surface area contributed by atoms with Crippen molar-refractivity contribution in [2.45, 2.75) is 63.3 Å². The molecule has 146 valence electrons. The van der Waals surface area contributed by atoms with Crippen LogP contribution in [0, 0.1) is 6.92 Å². The van der Waals surface area contributed by atoms with E-state index in [1.165, 1.54) is 4.90 Å². The topological polar surface area (TPSA) is 61.0 Å². The number of carbonyl (C=O) groups is 1. The van der Waals surface area contributed by atoms with Crippen molar-refractivity contribution in [3.05, 3.63) is 29.6 Å². The summed E-state index contributed by atoms with van der Waals surface area (Å²) in [6, 6.07) is 2.38.